The van der Waals surface area contributed by atoms with Crippen molar-refractivity contribution in [3.8, 4) is 0 Å². The van der Waals surface area contributed by atoms with Gasteiger partial charge >= 0.3 is 0 Å². The van der Waals surface area contributed by atoms with Crippen LogP contribution in [0.1, 0.15) is 4.88 Å². The second kappa shape index (κ2) is 5.81. The highest BCUT2D eigenvalue weighted by Gasteiger charge is 2.03. The van der Waals surface area contributed by atoms with Gasteiger partial charge in [-0.1, -0.05) is 0 Å². The molecule has 3 rings (SSSR count). The van der Waals surface area contributed by atoms with E-state index in [2.05, 4.69) is 38.4 Å². The van der Waals surface area contributed by atoms with Crippen molar-refractivity contribution in [1.29, 1.82) is 0 Å². The molecule has 0 fully saturated rings. The molecule has 3 aromatic rings. The van der Waals surface area contributed by atoms with E-state index in [9.17, 15) is 0 Å². The summed E-state index contributed by atoms with van der Waals surface area (Å²) in [6, 6.07) is 12.1. The largest absolute Gasteiger partial charge is 0.399 e. The number of nitrogen functional groups attached to an aromatic ring is 1. The molecule has 0 radical (unpaired) electrons. The molecule has 2 heterocycles. The Kier molecular flexibility index (Phi) is 3.89. The molecule has 2 aromatic heterocycles. The average molecular weight is 348 g/mol. The molecule has 0 aliphatic rings. The Morgan fingerprint density at radius 1 is 1.20 bits per heavy atom. The van der Waals surface area contributed by atoms with E-state index in [1.165, 1.54) is 8.66 Å². The lowest BCUT2D eigenvalue weighted by atomic mass is 10.1. The highest BCUT2D eigenvalue weighted by molar-refractivity contribution is 9.11. The molecule has 3 N–H and O–H groups in total. The van der Waals surface area contributed by atoms with Gasteiger partial charge < -0.3 is 11.1 Å². The third-order valence-electron chi connectivity index (χ3n) is 3.08. The fraction of sp³-hybridized carbons (Fsp3) is 0.133. The number of halogens is 1. The molecule has 20 heavy (non-hydrogen) atoms. The van der Waals surface area contributed by atoms with Crippen LogP contribution in [0.4, 0.5) is 11.4 Å². The number of nitrogens with one attached hydrogen (secondary N) is 1. The number of nitrogens with two attached hydrogens (primary N) is 1. The first-order valence-corrected chi connectivity index (χ1v) is 7.96. The third kappa shape index (κ3) is 2.94. The number of hydrogen-bond donors (Lipinski definition) is 2. The molecule has 0 atom stereocenters. The topological polar surface area (TPSA) is 50.9 Å². The highest BCUT2D eigenvalue weighted by Crippen LogP contribution is 2.25. The highest BCUT2D eigenvalue weighted by atomic mass is 79.9. The number of rotatable bonds is 4. The summed E-state index contributed by atoms with van der Waals surface area (Å²) < 4.78 is 1.18. The van der Waals surface area contributed by atoms with Gasteiger partial charge in [-0.15, -0.1) is 11.3 Å². The predicted octanol–water partition coefficient (Wildman–Crippen LogP) is 4.30. The molecule has 0 spiro atoms. The standard InChI is InChI=1S/C15H14BrN3S/c16-15-4-2-11(20-15)5-7-18-13-6-8-19-14-9-10(17)1-3-12(13)14/h1-4,6,8-9H,5,7,17H2,(H,18,19). The van der Waals surface area contributed by atoms with E-state index < -0.39 is 0 Å². The Bertz CT molecular complexity index is 739. The van der Waals surface area contributed by atoms with Gasteiger partial charge in [0.05, 0.1) is 9.30 Å². The van der Waals surface area contributed by atoms with E-state index in [-0.39, 0.29) is 0 Å². The molecule has 0 aliphatic carbocycles. The van der Waals surface area contributed by atoms with Crippen LogP contribution in [0.15, 0.2) is 46.4 Å². The Labute approximate surface area is 130 Å². The number of anilines is 2. The van der Waals surface area contributed by atoms with Crippen LogP contribution in [0.25, 0.3) is 10.9 Å². The number of aromatic nitrogens is 1. The van der Waals surface area contributed by atoms with Gasteiger partial charge in [-0.2, -0.15) is 0 Å². The zero-order chi connectivity index (χ0) is 13.9. The number of benzene rings is 1. The Hall–Kier alpha value is -1.59. The summed E-state index contributed by atoms with van der Waals surface area (Å²) >= 11 is 5.26. The fourth-order valence-corrected chi connectivity index (χ4v) is 3.61. The number of nitrogens with zero attached hydrogens (tertiary/aromatic N) is 1. The predicted molar refractivity (Wildman–Crippen MR) is 90.4 cm³/mol. The van der Waals surface area contributed by atoms with E-state index in [1.54, 1.807) is 11.3 Å². The Morgan fingerprint density at radius 3 is 2.90 bits per heavy atom. The summed E-state index contributed by atoms with van der Waals surface area (Å²) in [7, 11) is 0. The van der Waals surface area contributed by atoms with Crippen LogP contribution in [0, 0.1) is 0 Å². The van der Waals surface area contributed by atoms with Crippen molar-refractivity contribution in [2.24, 2.45) is 0 Å². The molecule has 1 aromatic carbocycles. The van der Waals surface area contributed by atoms with Gasteiger partial charge in [0.25, 0.3) is 0 Å². The van der Waals surface area contributed by atoms with Gasteiger partial charge in [0.15, 0.2) is 0 Å². The molecule has 5 heteroatoms. The molecule has 3 nitrogen and oxygen atoms in total. The summed E-state index contributed by atoms with van der Waals surface area (Å²) in [5, 5.41) is 4.58. The molecular weight excluding hydrogens is 334 g/mol. The molecule has 0 bridgehead atoms. The van der Waals surface area contributed by atoms with E-state index in [0.717, 1.165) is 35.2 Å². The fourth-order valence-electron chi connectivity index (χ4n) is 2.13. The van der Waals surface area contributed by atoms with Crippen LogP contribution in [-0.2, 0) is 6.42 Å². The molecule has 0 saturated heterocycles. The minimum atomic E-state index is 0.741. The van der Waals surface area contributed by atoms with Crippen LogP contribution >= 0.6 is 27.3 Å². The lowest BCUT2D eigenvalue weighted by Crippen LogP contribution is -2.04. The Morgan fingerprint density at radius 2 is 2.10 bits per heavy atom. The van der Waals surface area contributed by atoms with Crippen LogP contribution in [-0.4, -0.2) is 11.5 Å². The number of fused-ring (bicyclic) bond motifs is 1. The van der Waals surface area contributed by atoms with Gasteiger partial charge in [0.2, 0.25) is 0 Å². The molecule has 0 amide bonds. The Balaban J connectivity index is 1.74. The lowest BCUT2D eigenvalue weighted by molar-refractivity contribution is 1.05. The first-order valence-electron chi connectivity index (χ1n) is 6.35. The number of pyridine rings is 1. The quantitative estimate of drug-likeness (QED) is 0.692. The smallest absolute Gasteiger partial charge is 0.0743 e. The van der Waals surface area contributed by atoms with Crippen LogP contribution in [0.3, 0.4) is 0 Å². The minimum absolute atomic E-state index is 0.741. The number of hydrogen-bond acceptors (Lipinski definition) is 4. The monoisotopic (exact) mass is 347 g/mol. The van der Waals surface area contributed by atoms with Crippen molar-refractivity contribution >= 4 is 49.5 Å². The van der Waals surface area contributed by atoms with Crippen molar-refractivity contribution in [2.45, 2.75) is 6.42 Å². The van der Waals surface area contributed by atoms with E-state index in [1.807, 2.05) is 30.5 Å². The maximum Gasteiger partial charge on any atom is 0.0743 e. The van der Waals surface area contributed by atoms with Crippen LogP contribution < -0.4 is 11.1 Å². The average Bonchev–Trinajstić information content (AvgIpc) is 2.84. The summed E-state index contributed by atoms with van der Waals surface area (Å²) in [4.78, 5) is 5.72. The van der Waals surface area contributed by atoms with Gasteiger partial charge in [-0.3, -0.25) is 4.98 Å². The van der Waals surface area contributed by atoms with Gasteiger partial charge in [-0.05, 0) is 58.7 Å². The van der Waals surface area contributed by atoms with Gasteiger partial charge in [-0.25, -0.2) is 0 Å². The van der Waals surface area contributed by atoms with Crippen molar-refractivity contribution in [2.75, 3.05) is 17.6 Å². The molecular formula is C15H14BrN3S. The van der Waals surface area contributed by atoms with E-state index >= 15 is 0 Å². The van der Waals surface area contributed by atoms with E-state index in [4.69, 9.17) is 5.73 Å². The van der Waals surface area contributed by atoms with Crippen molar-refractivity contribution in [1.82, 2.24) is 4.98 Å². The second-order valence-corrected chi connectivity index (χ2v) is 7.07. The summed E-state index contributed by atoms with van der Waals surface area (Å²) in [6.45, 7) is 0.899. The summed E-state index contributed by atoms with van der Waals surface area (Å²) in [5.74, 6) is 0. The third-order valence-corrected chi connectivity index (χ3v) is 4.77. The maximum absolute atomic E-state index is 5.79. The second-order valence-electron chi connectivity index (χ2n) is 4.52. The van der Waals surface area contributed by atoms with Crippen LogP contribution in [0.5, 0.6) is 0 Å². The first-order chi connectivity index (χ1) is 9.72. The number of thiophene rings is 1. The first kappa shape index (κ1) is 13.4. The summed E-state index contributed by atoms with van der Waals surface area (Å²) in [5.41, 5.74) is 8.56. The molecule has 0 unspecified atom stereocenters. The molecule has 0 aliphatic heterocycles. The molecule has 0 saturated carbocycles. The SMILES string of the molecule is Nc1ccc2c(NCCc3ccc(Br)s3)ccnc2c1. The van der Waals surface area contributed by atoms with Gasteiger partial charge in [0, 0.05) is 34.4 Å². The van der Waals surface area contributed by atoms with Crippen molar-refractivity contribution < 1.29 is 0 Å². The lowest BCUT2D eigenvalue weighted by Gasteiger charge is -2.09. The summed E-state index contributed by atoms with van der Waals surface area (Å²) in [6.07, 6.45) is 2.82. The maximum atomic E-state index is 5.79. The van der Waals surface area contributed by atoms with E-state index in [0.29, 0.717) is 0 Å². The zero-order valence-corrected chi connectivity index (χ0v) is 13.2. The van der Waals surface area contributed by atoms with Gasteiger partial charge in [0.1, 0.15) is 0 Å². The van der Waals surface area contributed by atoms with Crippen LogP contribution in [0.2, 0.25) is 0 Å². The normalized spacial score (nSPS) is 10.8. The minimum Gasteiger partial charge on any atom is -0.399 e. The van der Waals surface area contributed by atoms with Crippen molar-refractivity contribution in [3.05, 3.63) is 51.3 Å². The molecule has 102 valence electrons. The van der Waals surface area contributed by atoms with Crippen molar-refractivity contribution in [3.63, 3.8) is 0 Å². The zero-order valence-electron chi connectivity index (χ0n) is 10.8.